The van der Waals surface area contributed by atoms with E-state index in [-0.39, 0.29) is 18.6 Å². The van der Waals surface area contributed by atoms with Crippen LogP contribution in [-0.2, 0) is 38.8 Å². The number of aliphatic hydroxyl groups excluding tert-OH is 1. The molecule has 4 rings (SSSR count). The van der Waals surface area contributed by atoms with Crippen molar-refractivity contribution in [1.29, 1.82) is 0 Å². The van der Waals surface area contributed by atoms with E-state index in [9.17, 15) is 5.11 Å². The van der Waals surface area contributed by atoms with Crippen LogP contribution in [0.4, 0.5) is 0 Å². The molecule has 5 heteroatoms. The van der Waals surface area contributed by atoms with Crippen molar-refractivity contribution in [2.45, 2.75) is 51.3 Å². The van der Waals surface area contributed by atoms with Gasteiger partial charge in [0.25, 0.3) is 0 Å². The fourth-order valence-corrected chi connectivity index (χ4v) is 4.09. The molecule has 0 spiro atoms. The Bertz CT molecular complexity index is 934. The smallest absolute Gasteiger partial charge is 0.187 e. The van der Waals surface area contributed by atoms with Gasteiger partial charge in [-0.3, -0.25) is 0 Å². The van der Waals surface area contributed by atoms with Gasteiger partial charge in [0.2, 0.25) is 0 Å². The first-order valence-electron chi connectivity index (χ1n) is 11.5. The van der Waals surface area contributed by atoms with Gasteiger partial charge in [-0.05, 0) is 16.7 Å². The minimum absolute atomic E-state index is 0.0731. The Labute approximate surface area is 195 Å². The van der Waals surface area contributed by atoms with E-state index in [1.54, 1.807) is 0 Å². The zero-order chi connectivity index (χ0) is 22.9. The molecule has 0 saturated carbocycles. The second-order valence-electron chi connectivity index (χ2n) is 8.40. The van der Waals surface area contributed by atoms with Crippen LogP contribution in [0, 0.1) is 5.92 Å². The Hall–Kier alpha value is -2.54. The van der Waals surface area contributed by atoms with Crippen molar-refractivity contribution in [3.05, 3.63) is 108 Å². The highest BCUT2D eigenvalue weighted by Gasteiger charge is 2.45. The molecular weight excluding hydrogens is 416 g/mol. The van der Waals surface area contributed by atoms with Crippen LogP contribution in [0.25, 0.3) is 0 Å². The minimum atomic E-state index is -0.664. The molecule has 1 fully saturated rings. The van der Waals surface area contributed by atoms with Crippen molar-refractivity contribution >= 4 is 0 Å². The number of hydrogen-bond acceptors (Lipinski definition) is 5. The predicted octanol–water partition coefficient (Wildman–Crippen LogP) is 4.73. The van der Waals surface area contributed by atoms with E-state index in [1.807, 2.05) is 97.9 Å². The van der Waals surface area contributed by atoms with Crippen molar-refractivity contribution < 1.29 is 24.1 Å². The van der Waals surface area contributed by atoms with Gasteiger partial charge in [-0.2, -0.15) is 0 Å². The average molecular weight is 449 g/mol. The molecule has 0 aliphatic carbocycles. The lowest BCUT2D eigenvalue weighted by molar-refractivity contribution is -0.310. The maximum Gasteiger partial charge on any atom is 0.187 e. The summed E-state index contributed by atoms with van der Waals surface area (Å²) in [6.07, 6.45) is -1.82. The van der Waals surface area contributed by atoms with E-state index in [0.717, 1.165) is 16.7 Å². The van der Waals surface area contributed by atoms with Crippen LogP contribution in [0.15, 0.2) is 91.0 Å². The molecule has 1 aliphatic rings. The van der Waals surface area contributed by atoms with Gasteiger partial charge in [0, 0.05) is 5.92 Å². The monoisotopic (exact) mass is 448 g/mol. The molecule has 1 heterocycles. The van der Waals surface area contributed by atoms with Gasteiger partial charge in [0.05, 0.1) is 38.6 Å². The maximum absolute atomic E-state index is 9.98. The van der Waals surface area contributed by atoms with Crippen molar-refractivity contribution in [2.24, 2.45) is 5.92 Å². The minimum Gasteiger partial charge on any atom is -0.394 e. The molecular formula is C28H32O5. The van der Waals surface area contributed by atoms with Gasteiger partial charge >= 0.3 is 0 Å². The topological polar surface area (TPSA) is 57.2 Å². The second kappa shape index (κ2) is 12.1. The molecule has 33 heavy (non-hydrogen) atoms. The molecule has 5 nitrogen and oxygen atoms in total. The number of aliphatic hydroxyl groups is 1. The third-order valence-corrected chi connectivity index (χ3v) is 6.01. The Kier molecular flexibility index (Phi) is 8.64. The molecule has 3 aromatic rings. The Morgan fingerprint density at radius 3 is 1.52 bits per heavy atom. The molecule has 0 amide bonds. The van der Waals surface area contributed by atoms with Crippen LogP contribution in [-0.4, -0.2) is 36.3 Å². The molecule has 174 valence electrons. The molecule has 1 aliphatic heterocycles. The van der Waals surface area contributed by atoms with Gasteiger partial charge < -0.3 is 24.1 Å². The summed E-state index contributed by atoms with van der Waals surface area (Å²) in [5.74, 6) is -0.0731. The normalized spacial score (nSPS) is 25.1. The summed E-state index contributed by atoms with van der Waals surface area (Å²) in [7, 11) is 0. The van der Waals surface area contributed by atoms with Crippen LogP contribution >= 0.6 is 0 Å². The molecule has 3 aromatic carbocycles. The third kappa shape index (κ3) is 6.50. The molecule has 0 bridgehead atoms. The predicted molar refractivity (Wildman–Crippen MR) is 126 cm³/mol. The standard InChI is InChI=1S/C28H32O5/c1-21-25(17-29)33-28(32-20-24-15-9-4-10-16-24)27(31-19-23-13-7-3-8-14-23)26(21)30-18-22-11-5-2-6-12-22/h2-16,21,25-29H,17-20H2,1H3/t21?,25-,26+,27-,28-/m1/s1. The first-order valence-corrected chi connectivity index (χ1v) is 11.5. The van der Waals surface area contributed by atoms with Gasteiger partial charge in [-0.1, -0.05) is 97.9 Å². The summed E-state index contributed by atoms with van der Waals surface area (Å²) in [6.45, 7) is 3.17. The maximum atomic E-state index is 9.98. The highest BCUT2D eigenvalue weighted by Crippen LogP contribution is 2.32. The Morgan fingerprint density at radius 1 is 0.636 bits per heavy atom. The summed E-state index contributed by atoms with van der Waals surface area (Å²) in [6, 6.07) is 30.1. The lowest BCUT2D eigenvalue weighted by atomic mass is 9.90. The molecule has 0 aromatic heterocycles. The summed E-state index contributed by atoms with van der Waals surface area (Å²) in [4.78, 5) is 0. The molecule has 5 atom stereocenters. The van der Waals surface area contributed by atoms with E-state index in [4.69, 9.17) is 18.9 Å². The van der Waals surface area contributed by atoms with E-state index in [1.165, 1.54) is 0 Å². The van der Waals surface area contributed by atoms with Gasteiger partial charge in [0.15, 0.2) is 6.29 Å². The highest BCUT2D eigenvalue weighted by molar-refractivity contribution is 5.15. The first kappa shape index (κ1) is 23.6. The number of rotatable bonds is 10. The van der Waals surface area contributed by atoms with Crippen molar-refractivity contribution in [1.82, 2.24) is 0 Å². The van der Waals surface area contributed by atoms with Crippen molar-refractivity contribution in [3.8, 4) is 0 Å². The Morgan fingerprint density at radius 2 is 1.06 bits per heavy atom. The second-order valence-corrected chi connectivity index (χ2v) is 8.40. The van der Waals surface area contributed by atoms with Gasteiger partial charge in [0.1, 0.15) is 6.10 Å². The number of benzene rings is 3. The van der Waals surface area contributed by atoms with E-state index in [0.29, 0.717) is 19.8 Å². The highest BCUT2D eigenvalue weighted by atomic mass is 16.7. The largest absolute Gasteiger partial charge is 0.394 e. The van der Waals surface area contributed by atoms with E-state index in [2.05, 4.69) is 0 Å². The zero-order valence-electron chi connectivity index (χ0n) is 19.0. The average Bonchev–Trinajstić information content (AvgIpc) is 2.88. The van der Waals surface area contributed by atoms with Gasteiger partial charge in [-0.25, -0.2) is 0 Å². The molecule has 1 unspecified atom stereocenters. The van der Waals surface area contributed by atoms with E-state index >= 15 is 0 Å². The van der Waals surface area contributed by atoms with E-state index < -0.39 is 18.5 Å². The quantitative estimate of drug-likeness (QED) is 0.486. The van der Waals surface area contributed by atoms with Crippen LogP contribution in [0.2, 0.25) is 0 Å². The summed E-state index contributed by atoms with van der Waals surface area (Å²) in [5.41, 5.74) is 3.20. The third-order valence-electron chi connectivity index (χ3n) is 6.01. The zero-order valence-corrected chi connectivity index (χ0v) is 19.0. The van der Waals surface area contributed by atoms with Crippen molar-refractivity contribution in [3.63, 3.8) is 0 Å². The summed E-state index contributed by atoms with van der Waals surface area (Å²) < 4.78 is 25.1. The van der Waals surface area contributed by atoms with Gasteiger partial charge in [-0.15, -0.1) is 0 Å². The molecule has 1 saturated heterocycles. The summed E-state index contributed by atoms with van der Waals surface area (Å²) >= 11 is 0. The lowest BCUT2D eigenvalue weighted by Gasteiger charge is -2.44. The lowest BCUT2D eigenvalue weighted by Crippen LogP contribution is -2.57. The first-order chi connectivity index (χ1) is 16.2. The molecule has 1 N–H and O–H groups in total. The molecule has 0 radical (unpaired) electrons. The van der Waals surface area contributed by atoms with Crippen LogP contribution in [0.5, 0.6) is 0 Å². The number of ether oxygens (including phenoxy) is 4. The van der Waals surface area contributed by atoms with Crippen LogP contribution < -0.4 is 0 Å². The fraction of sp³-hybridized carbons (Fsp3) is 0.357. The van der Waals surface area contributed by atoms with Crippen LogP contribution in [0.3, 0.4) is 0 Å². The van der Waals surface area contributed by atoms with Crippen molar-refractivity contribution in [2.75, 3.05) is 6.61 Å². The fourth-order valence-electron chi connectivity index (χ4n) is 4.09. The Balaban J connectivity index is 1.52. The summed E-state index contributed by atoms with van der Waals surface area (Å²) in [5, 5.41) is 9.98. The van der Waals surface area contributed by atoms with Crippen LogP contribution in [0.1, 0.15) is 23.6 Å². The SMILES string of the molecule is CC1[C@@H](CO)O[C@@H](OCc2ccccc2)[C@H](OCc2ccccc2)[C@H]1OCc1ccccc1. The number of hydrogen-bond donors (Lipinski definition) is 1.